The number of rotatable bonds is 3. The van der Waals surface area contributed by atoms with Crippen LogP contribution in [0.5, 0.6) is 0 Å². The summed E-state index contributed by atoms with van der Waals surface area (Å²) in [7, 11) is 0. The van der Waals surface area contributed by atoms with E-state index in [-0.39, 0.29) is 17.3 Å². The van der Waals surface area contributed by atoms with Crippen molar-refractivity contribution >= 4 is 33.2 Å². The molecule has 7 heteroatoms. The number of halogens is 1. The van der Waals surface area contributed by atoms with Crippen LogP contribution in [0.1, 0.15) is 10.5 Å². The molecule has 0 atom stereocenters. The molecule has 1 aromatic heterocycles. The molecule has 1 amide bonds. The van der Waals surface area contributed by atoms with Gasteiger partial charge < -0.3 is 5.32 Å². The Bertz CT molecular complexity index is 631. The smallest absolute Gasteiger partial charge is 0.274 e. The summed E-state index contributed by atoms with van der Waals surface area (Å²) in [4.78, 5) is 25.9. The Morgan fingerprint density at radius 1 is 1.32 bits per heavy atom. The Labute approximate surface area is 116 Å². The van der Waals surface area contributed by atoms with Gasteiger partial charge in [-0.15, -0.1) is 0 Å². The van der Waals surface area contributed by atoms with E-state index in [9.17, 15) is 14.9 Å². The maximum atomic E-state index is 11.9. The van der Waals surface area contributed by atoms with Crippen LogP contribution in [0.4, 0.5) is 11.4 Å². The lowest BCUT2D eigenvalue weighted by molar-refractivity contribution is -0.384. The van der Waals surface area contributed by atoms with E-state index >= 15 is 0 Å². The second-order valence-corrected chi connectivity index (χ2v) is 4.44. The lowest BCUT2D eigenvalue weighted by atomic mass is 10.2. The van der Waals surface area contributed by atoms with Crippen LogP contribution >= 0.6 is 15.9 Å². The second kappa shape index (κ2) is 5.57. The molecular formula is C12H8BrN3O3. The molecule has 0 aliphatic rings. The van der Waals surface area contributed by atoms with E-state index in [2.05, 4.69) is 26.2 Å². The van der Waals surface area contributed by atoms with Crippen molar-refractivity contribution in [3.8, 4) is 0 Å². The molecule has 0 aliphatic heterocycles. The average Bonchev–Trinajstić information content (AvgIpc) is 2.41. The van der Waals surface area contributed by atoms with Crippen molar-refractivity contribution in [2.75, 3.05) is 5.32 Å². The lowest BCUT2D eigenvalue weighted by Gasteiger charge is -2.06. The fraction of sp³-hybridized carbons (Fsp3) is 0. The first kappa shape index (κ1) is 13.2. The zero-order valence-electron chi connectivity index (χ0n) is 9.54. The highest BCUT2D eigenvalue weighted by molar-refractivity contribution is 9.10. The summed E-state index contributed by atoms with van der Waals surface area (Å²) in [5.41, 5.74) is 0.664. The number of carbonyl (C=O) groups is 1. The fourth-order valence-corrected chi connectivity index (χ4v) is 1.87. The SMILES string of the molecule is O=C(Nc1ccc([N+](=O)[O-])cc1Br)c1ccccn1. The van der Waals surface area contributed by atoms with Crippen molar-refractivity contribution in [1.29, 1.82) is 0 Å². The zero-order valence-corrected chi connectivity index (χ0v) is 11.1. The van der Waals surface area contributed by atoms with E-state index in [1.165, 1.54) is 24.4 Å². The molecule has 1 N–H and O–H groups in total. The number of benzene rings is 1. The first-order valence-corrected chi connectivity index (χ1v) is 6.03. The third kappa shape index (κ3) is 3.14. The van der Waals surface area contributed by atoms with Gasteiger partial charge in [0.05, 0.1) is 10.6 Å². The fourth-order valence-electron chi connectivity index (χ4n) is 1.40. The van der Waals surface area contributed by atoms with Crippen LogP contribution in [0.25, 0.3) is 0 Å². The molecule has 2 rings (SSSR count). The third-order valence-corrected chi connectivity index (χ3v) is 2.97. The average molecular weight is 322 g/mol. The van der Waals surface area contributed by atoms with Crippen LogP contribution in [0.15, 0.2) is 47.1 Å². The van der Waals surface area contributed by atoms with Crippen LogP contribution < -0.4 is 5.32 Å². The summed E-state index contributed by atoms with van der Waals surface area (Å²) >= 11 is 3.18. The summed E-state index contributed by atoms with van der Waals surface area (Å²) in [5.74, 6) is -0.379. The summed E-state index contributed by atoms with van der Waals surface area (Å²) < 4.78 is 0.436. The van der Waals surface area contributed by atoms with Gasteiger partial charge in [-0.3, -0.25) is 19.9 Å². The van der Waals surface area contributed by atoms with Gasteiger partial charge in [0.15, 0.2) is 0 Å². The van der Waals surface area contributed by atoms with Crippen molar-refractivity contribution in [2.24, 2.45) is 0 Å². The van der Waals surface area contributed by atoms with E-state index in [4.69, 9.17) is 0 Å². The van der Waals surface area contributed by atoms with Crippen molar-refractivity contribution < 1.29 is 9.72 Å². The molecule has 0 aliphatic carbocycles. The van der Waals surface area contributed by atoms with E-state index in [0.29, 0.717) is 10.2 Å². The van der Waals surface area contributed by atoms with E-state index in [0.717, 1.165) is 0 Å². The number of nitro groups is 1. The molecule has 0 spiro atoms. The maximum absolute atomic E-state index is 11.9. The minimum absolute atomic E-state index is 0.0530. The van der Waals surface area contributed by atoms with Crippen LogP contribution in [0.2, 0.25) is 0 Å². The van der Waals surface area contributed by atoms with Gasteiger partial charge in [-0.1, -0.05) is 6.07 Å². The minimum Gasteiger partial charge on any atom is -0.320 e. The van der Waals surface area contributed by atoms with Gasteiger partial charge in [-0.05, 0) is 34.1 Å². The number of non-ortho nitro benzene ring substituents is 1. The molecule has 0 saturated heterocycles. The Kier molecular flexibility index (Phi) is 3.86. The highest BCUT2D eigenvalue weighted by Gasteiger charge is 2.12. The van der Waals surface area contributed by atoms with Gasteiger partial charge in [0.1, 0.15) is 5.69 Å². The number of amides is 1. The predicted molar refractivity (Wildman–Crippen MR) is 73.0 cm³/mol. The molecule has 6 nitrogen and oxygen atoms in total. The minimum atomic E-state index is -0.505. The summed E-state index contributed by atoms with van der Waals surface area (Å²) in [6.07, 6.45) is 1.51. The van der Waals surface area contributed by atoms with Gasteiger partial charge in [0.2, 0.25) is 0 Å². The number of hydrogen-bond acceptors (Lipinski definition) is 4. The quantitative estimate of drug-likeness (QED) is 0.695. The highest BCUT2D eigenvalue weighted by atomic mass is 79.9. The first-order valence-electron chi connectivity index (χ1n) is 5.24. The largest absolute Gasteiger partial charge is 0.320 e. The summed E-state index contributed by atoms with van der Waals surface area (Å²) in [6.45, 7) is 0. The van der Waals surface area contributed by atoms with Crippen LogP contribution in [-0.4, -0.2) is 15.8 Å². The molecule has 19 heavy (non-hydrogen) atoms. The molecule has 1 heterocycles. The van der Waals surface area contributed by atoms with Crippen LogP contribution in [-0.2, 0) is 0 Å². The predicted octanol–water partition coefficient (Wildman–Crippen LogP) is 3.00. The second-order valence-electron chi connectivity index (χ2n) is 3.59. The molecule has 96 valence electrons. The van der Waals surface area contributed by atoms with Crippen molar-refractivity contribution in [1.82, 2.24) is 4.98 Å². The number of nitrogens with zero attached hydrogens (tertiary/aromatic N) is 2. The Morgan fingerprint density at radius 3 is 2.68 bits per heavy atom. The van der Waals surface area contributed by atoms with Gasteiger partial charge in [-0.2, -0.15) is 0 Å². The molecule has 0 bridgehead atoms. The zero-order chi connectivity index (χ0) is 13.8. The van der Waals surface area contributed by atoms with E-state index < -0.39 is 4.92 Å². The van der Waals surface area contributed by atoms with Gasteiger partial charge in [-0.25, -0.2) is 0 Å². The molecule has 0 saturated carbocycles. The third-order valence-electron chi connectivity index (χ3n) is 2.31. The number of pyridine rings is 1. The molecule has 0 radical (unpaired) electrons. The van der Waals surface area contributed by atoms with Gasteiger partial charge in [0, 0.05) is 22.8 Å². The summed E-state index contributed by atoms with van der Waals surface area (Å²) in [6, 6.07) is 9.09. The van der Waals surface area contributed by atoms with Crippen molar-refractivity contribution in [2.45, 2.75) is 0 Å². The van der Waals surface area contributed by atoms with Crippen LogP contribution in [0.3, 0.4) is 0 Å². The van der Waals surface area contributed by atoms with E-state index in [1.54, 1.807) is 18.2 Å². The van der Waals surface area contributed by atoms with Gasteiger partial charge >= 0.3 is 0 Å². The Morgan fingerprint density at radius 2 is 2.11 bits per heavy atom. The van der Waals surface area contributed by atoms with Crippen molar-refractivity contribution in [3.05, 3.63) is 62.9 Å². The maximum Gasteiger partial charge on any atom is 0.274 e. The lowest BCUT2D eigenvalue weighted by Crippen LogP contribution is -2.13. The Hall–Kier alpha value is -2.28. The topological polar surface area (TPSA) is 85.1 Å². The monoisotopic (exact) mass is 321 g/mol. The number of anilines is 1. The highest BCUT2D eigenvalue weighted by Crippen LogP contribution is 2.27. The number of nitrogens with one attached hydrogen (secondary N) is 1. The van der Waals surface area contributed by atoms with Crippen molar-refractivity contribution in [3.63, 3.8) is 0 Å². The first-order chi connectivity index (χ1) is 9.08. The number of nitro benzene ring substituents is 1. The van der Waals surface area contributed by atoms with Gasteiger partial charge in [0.25, 0.3) is 11.6 Å². The summed E-state index contributed by atoms with van der Waals surface area (Å²) in [5, 5.41) is 13.2. The number of carbonyl (C=O) groups excluding carboxylic acids is 1. The standard InChI is InChI=1S/C12H8BrN3O3/c13-9-7-8(16(18)19)4-5-10(9)15-12(17)11-3-1-2-6-14-11/h1-7H,(H,15,17). The van der Waals surface area contributed by atoms with E-state index in [1.807, 2.05) is 0 Å². The normalized spacial score (nSPS) is 9.95. The molecule has 2 aromatic rings. The van der Waals surface area contributed by atoms with Crippen LogP contribution in [0, 0.1) is 10.1 Å². The number of aromatic nitrogens is 1. The Balaban J connectivity index is 2.20. The molecule has 0 unspecified atom stereocenters. The molecular weight excluding hydrogens is 314 g/mol. The molecule has 0 fully saturated rings. The number of hydrogen-bond donors (Lipinski definition) is 1. The molecule has 1 aromatic carbocycles.